The quantitative estimate of drug-likeness (QED) is 0.747. The van der Waals surface area contributed by atoms with Gasteiger partial charge in [-0.05, 0) is 24.3 Å². The van der Waals surface area contributed by atoms with E-state index in [-0.39, 0.29) is 17.1 Å². The van der Waals surface area contributed by atoms with E-state index in [9.17, 15) is 9.90 Å². The average molecular weight is 268 g/mol. The second kappa shape index (κ2) is 4.70. The van der Waals surface area contributed by atoms with Crippen molar-refractivity contribution in [1.29, 1.82) is 0 Å². The van der Waals surface area contributed by atoms with Crippen molar-refractivity contribution >= 4 is 10.9 Å². The van der Waals surface area contributed by atoms with Gasteiger partial charge in [0.2, 0.25) is 0 Å². The smallest absolute Gasteiger partial charge is 0.259 e. The number of ether oxygens (including phenoxy) is 1. The molecule has 0 spiro atoms. The largest absolute Gasteiger partial charge is 0.507 e. The van der Waals surface area contributed by atoms with E-state index >= 15 is 0 Å². The molecule has 3 rings (SSSR count). The molecule has 0 aliphatic heterocycles. The first-order valence-electron chi connectivity index (χ1n) is 6.06. The van der Waals surface area contributed by atoms with Gasteiger partial charge in [0, 0.05) is 0 Å². The van der Waals surface area contributed by atoms with Crippen LogP contribution < -0.4 is 10.3 Å². The number of H-pyrrole nitrogens is 1. The molecule has 0 radical (unpaired) electrons. The van der Waals surface area contributed by atoms with E-state index < -0.39 is 0 Å². The number of benzene rings is 2. The zero-order valence-corrected chi connectivity index (χ0v) is 10.8. The van der Waals surface area contributed by atoms with E-state index in [0.717, 1.165) is 0 Å². The summed E-state index contributed by atoms with van der Waals surface area (Å²) in [5, 5.41) is 10.5. The number of aromatic hydroxyl groups is 1. The Morgan fingerprint density at radius 3 is 2.75 bits per heavy atom. The van der Waals surface area contributed by atoms with E-state index in [1.165, 1.54) is 13.2 Å². The summed E-state index contributed by atoms with van der Waals surface area (Å²) < 4.78 is 5.21. The number of nitrogens with zero attached hydrogens (tertiary/aromatic N) is 1. The van der Waals surface area contributed by atoms with Crippen LogP contribution in [0.5, 0.6) is 11.5 Å². The molecule has 0 saturated heterocycles. The van der Waals surface area contributed by atoms with Crippen LogP contribution in [-0.2, 0) is 0 Å². The third-order valence-corrected chi connectivity index (χ3v) is 3.07. The number of methoxy groups -OCH3 is 1. The number of rotatable bonds is 2. The lowest BCUT2D eigenvalue weighted by atomic mass is 10.1. The van der Waals surface area contributed by atoms with Gasteiger partial charge in [-0.15, -0.1) is 0 Å². The van der Waals surface area contributed by atoms with Crippen molar-refractivity contribution in [3.05, 3.63) is 52.8 Å². The van der Waals surface area contributed by atoms with Crippen molar-refractivity contribution in [3.8, 4) is 22.9 Å². The fourth-order valence-corrected chi connectivity index (χ4v) is 2.13. The maximum absolute atomic E-state index is 12.1. The predicted molar refractivity (Wildman–Crippen MR) is 76.0 cm³/mol. The van der Waals surface area contributed by atoms with Crippen LogP contribution in [0.25, 0.3) is 22.3 Å². The van der Waals surface area contributed by atoms with Crippen molar-refractivity contribution in [2.75, 3.05) is 7.11 Å². The lowest BCUT2D eigenvalue weighted by Crippen LogP contribution is -2.09. The number of phenols is 1. The monoisotopic (exact) mass is 268 g/mol. The van der Waals surface area contributed by atoms with Crippen LogP contribution in [-0.4, -0.2) is 22.2 Å². The van der Waals surface area contributed by atoms with Gasteiger partial charge in [-0.2, -0.15) is 0 Å². The molecule has 2 N–H and O–H groups in total. The Kier molecular flexibility index (Phi) is 2.87. The Morgan fingerprint density at radius 2 is 1.95 bits per heavy atom. The highest BCUT2D eigenvalue weighted by Gasteiger charge is 2.14. The fraction of sp³-hybridized carbons (Fsp3) is 0.0667. The molecule has 5 nitrogen and oxygen atoms in total. The van der Waals surface area contributed by atoms with Crippen molar-refractivity contribution in [2.24, 2.45) is 0 Å². The van der Waals surface area contributed by atoms with Gasteiger partial charge in [-0.3, -0.25) is 4.79 Å². The zero-order valence-electron chi connectivity index (χ0n) is 10.8. The first kappa shape index (κ1) is 12.2. The molecular weight excluding hydrogens is 256 g/mol. The number of phenolic OH excluding ortho intramolecular Hbond substituents is 1. The molecule has 0 bridgehead atoms. The van der Waals surface area contributed by atoms with Crippen LogP contribution in [0.2, 0.25) is 0 Å². The van der Waals surface area contributed by atoms with Crippen LogP contribution in [0.3, 0.4) is 0 Å². The SMILES string of the molecule is COc1cccc(O)c1-c1nc2ccccc2c(=O)[nH]1. The maximum Gasteiger partial charge on any atom is 0.259 e. The number of fused-ring (bicyclic) bond motifs is 1. The highest BCUT2D eigenvalue weighted by molar-refractivity contribution is 5.81. The van der Waals surface area contributed by atoms with Gasteiger partial charge >= 0.3 is 0 Å². The highest BCUT2D eigenvalue weighted by Crippen LogP contribution is 2.35. The van der Waals surface area contributed by atoms with Gasteiger partial charge < -0.3 is 14.8 Å². The minimum Gasteiger partial charge on any atom is -0.507 e. The zero-order chi connectivity index (χ0) is 14.1. The molecule has 3 aromatic rings. The molecule has 0 saturated carbocycles. The number of para-hydroxylation sites is 1. The topological polar surface area (TPSA) is 75.2 Å². The lowest BCUT2D eigenvalue weighted by molar-refractivity contribution is 0.410. The lowest BCUT2D eigenvalue weighted by Gasteiger charge is -2.10. The number of hydrogen-bond donors (Lipinski definition) is 2. The van der Waals surface area contributed by atoms with Gasteiger partial charge in [-0.25, -0.2) is 4.98 Å². The summed E-state index contributed by atoms with van der Waals surface area (Å²) in [4.78, 5) is 19.1. The first-order chi connectivity index (χ1) is 9.70. The maximum atomic E-state index is 12.1. The van der Waals surface area contributed by atoms with E-state index in [1.807, 2.05) is 0 Å². The molecule has 0 unspecified atom stereocenters. The Labute approximate surface area is 114 Å². The van der Waals surface area contributed by atoms with Crippen LogP contribution in [0.15, 0.2) is 47.3 Å². The van der Waals surface area contributed by atoms with Crippen LogP contribution >= 0.6 is 0 Å². The summed E-state index contributed by atoms with van der Waals surface area (Å²) in [6.07, 6.45) is 0. The van der Waals surface area contributed by atoms with E-state index in [4.69, 9.17) is 4.74 Å². The number of hydrogen-bond acceptors (Lipinski definition) is 4. The molecule has 0 fully saturated rings. The van der Waals surface area contributed by atoms with Gasteiger partial charge in [0.05, 0.1) is 18.0 Å². The number of aromatic amines is 1. The fourth-order valence-electron chi connectivity index (χ4n) is 2.13. The molecule has 1 heterocycles. The van der Waals surface area contributed by atoms with Gasteiger partial charge in [-0.1, -0.05) is 18.2 Å². The Bertz CT molecular complexity index is 840. The minimum atomic E-state index is -0.254. The standard InChI is InChI=1S/C15H12N2O3/c1-20-12-8-4-7-11(18)13(12)14-16-10-6-3-2-5-9(10)15(19)17-14/h2-8,18H,1H3,(H,16,17,19). The van der Waals surface area contributed by atoms with Crippen LogP contribution in [0.1, 0.15) is 0 Å². The van der Waals surface area contributed by atoms with Gasteiger partial charge in [0.25, 0.3) is 5.56 Å². The summed E-state index contributed by atoms with van der Waals surface area (Å²) in [7, 11) is 1.50. The predicted octanol–water partition coefficient (Wildman–Crippen LogP) is 2.30. The molecule has 1 aromatic heterocycles. The Balaban J connectivity index is 2.33. The average Bonchev–Trinajstić information content (AvgIpc) is 2.46. The summed E-state index contributed by atoms with van der Waals surface area (Å²) in [6.45, 7) is 0. The number of aromatic nitrogens is 2. The molecule has 100 valence electrons. The van der Waals surface area contributed by atoms with Crippen molar-refractivity contribution in [3.63, 3.8) is 0 Å². The van der Waals surface area contributed by atoms with Crippen LogP contribution in [0, 0.1) is 0 Å². The normalized spacial score (nSPS) is 10.7. The summed E-state index contributed by atoms with van der Waals surface area (Å²) in [5.41, 5.74) is 0.685. The van der Waals surface area contributed by atoms with Gasteiger partial charge in [0.15, 0.2) is 0 Å². The molecule has 5 heteroatoms. The van der Waals surface area contributed by atoms with Gasteiger partial charge in [0.1, 0.15) is 22.9 Å². The van der Waals surface area contributed by atoms with E-state index in [1.54, 1.807) is 36.4 Å². The second-order valence-corrected chi connectivity index (χ2v) is 4.29. The van der Waals surface area contributed by atoms with Crippen molar-refractivity contribution in [2.45, 2.75) is 0 Å². The van der Waals surface area contributed by atoms with E-state index in [0.29, 0.717) is 22.2 Å². The number of nitrogens with one attached hydrogen (secondary N) is 1. The molecule has 0 atom stereocenters. The molecule has 0 aliphatic rings. The summed E-state index contributed by atoms with van der Waals surface area (Å²) in [6, 6.07) is 11.9. The summed E-state index contributed by atoms with van der Waals surface area (Å²) in [5.74, 6) is 0.731. The first-order valence-corrected chi connectivity index (χ1v) is 6.06. The minimum absolute atomic E-state index is 0.00258. The third-order valence-electron chi connectivity index (χ3n) is 3.07. The molecule has 20 heavy (non-hydrogen) atoms. The second-order valence-electron chi connectivity index (χ2n) is 4.29. The Hall–Kier alpha value is -2.82. The van der Waals surface area contributed by atoms with Crippen molar-refractivity contribution in [1.82, 2.24) is 9.97 Å². The van der Waals surface area contributed by atoms with Crippen LogP contribution in [0.4, 0.5) is 0 Å². The molecule has 0 amide bonds. The molecule has 0 aliphatic carbocycles. The molecule has 2 aromatic carbocycles. The highest BCUT2D eigenvalue weighted by atomic mass is 16.5. The van der Waals surface area contributed by atoms with E-state index in [2.05, 4.69) is 9.97 Å². The summed E-state index contributed by atoms with van der Waals surface area (Å²) >= 11 is 0. The molecular formula is C15H12N2O3. The third kappa shape index (κ3) is 1.89. The van der Waals surface area contributed by atoms with Crippen molar-refractivity contribution < 1.29 is 9.84 Å². The Morgan fingerprint density at radius 1 is 1.15 bits per heavy atom.